The van der Waals surface area contributed by atoms with Crippen molar-refractivity contribution < 1.29 is 4.79 Å². The first kappa shape index (κ1) is 15.2. The van der Waals surface area contributed by atoms with Crippen LogP contribution >= 0.6 is 11.8 Å². The molecule has 0 aliphatic carbocycles. The molecule has 1 aliphatic rings. The third-order valence-electron chi connectivity index (χ3n) is 3.27. The van der Waals surface area contributed by atoms with Crippen LogP contribution in [-0.2, 0) is 0 Å². The highest BCUT2D eigenvalue weighted by Gasteiger charge is 2.14. The maximum atomic E-state index is 11.7. The zero-order chi connectivity index (χ0) is 14.4. The summed E-state index contributed by atoms with van der Waals surface area (Å²) in [6.45, 7) is 3.00. The number of nitrogen functional groups attached to an aromatic ring is 1. The van der Waals surface area contributed by atoms with Crippen LogP contribution in [-0.4, -0.2) is 38.0 Å². The van der Waals surface area contributed by atoms with Crippen molar-refractivity contribution in [2.75, 3.05) is 32.4 Å². The van der Waals surface area contributed by atoms with E-state index < -0.39 is 0 Å². The second-order valence-electron chi connectivity index (χ2n) is 4.78. The second-order valence-corrected chi connectivity index (χ2v) is 6.03. The number of nitrogens with two attached hydrogens (primary N) is 1. The summed E-state index contributed by atoms with van der Waals surface area (Å²) in [7, 11) is 1.63. The highest BCUT2D eigenvalue weighted by molar-refractivity contribution is 8.00. The molecule has 0 saturated carbocycles. The SMILES string of the molecule is CNC(=O)c1ccc(N)c(SC2CCCNCCN2)c1. The lowest BCUT2D eigenvalue weighted by Gasteiger charge is -2.22. The summed E-state index contributed by atoms with van der Waals surface area (Å²) in [4.78, 5) is 12.7. The Balaban J connectivity index is 2.08. The molecule has 0 aromatic heterocycles. The average Bonchev–Trinajstić information content (AvgIpc) is 2.43. The van der Waals surface area contributed by atoms with Gasteiger partial charge in [-0.2, -0.15) is 0 Å². The first-order valence-corrected chi connectivity index (χ1v) is 7.81. The predicted molar refractivity (Wildman–Crippen MR) is 84.0 cm³/mol. The minimum absolute atomic E-state index is 0.0818. The summed E-state index contributed by atoms with van der Waals surface area (Å²) in [5, 5.41) is 9.85. The van der Waals surface area contributed by atoms with Crippen LogP contribution in [0.1, 0.15) is 23.2 Å². The van der Waals surface area contributed by atoms with Crippen molar-refractivity contribution in [2.24, 2.45) is 0 Å². The van der Waals surface area contributed by atoms with Gasteiger partial charge in [-0.3, -0.25) is 4.79 Å². The largest absolute Gasteiger partial charge is 0.398 e. The zero-order valence-electron chi connectivity index (χ0n) is 11.7. The van der Waals surface area contributed by atoms with Gasteiger partial charge in [-0.1, -0.05) is 0 Å². The minimum Gasteiger partial charge on any atom is -0.398 e. The Morgan fingerprint density at radius 1 is 1.40 bits per heavy atom. The molecule has 1 atom stereocenters. The van der Waals surface area contributed by atoms with Gasteiger partial charge in [-0.05, 0) is 37.6 Å². The number of amides is 1. The lowest BCUT2D eigenvalue weighted by molar-refractivity contribution is 0.0963. The molecule has 0 spiro atoms. The van der Waals surface area contributed by atoms with E-state index in [0.717, 1.165) is 43.1 Å². The molecule has 1 saturated heterocycles. The summed E-state index contributed by atoms with van der Waals surface area (Å²) in [5.41, 5.74) is 7.40. The van der Waals surface area contributed by atoms with E-state index in [0.29, 0.717) is 10.9 Å². The van der Waals surface area contributed by atoms with E-state index in [1.807, 2.05) is 6.07 Å². The van der Waals surface area contributed by atoms with Crippen LogP contribution in [0.3, 0.4) is 0 Å². The molecule has 1 fully saturated rings. The summed E-state index contributed by atoms with van der Waals surface area (Å²) in [5.74, 6) is -0.0818. The normalized spacial score (nSPS) is 19.9. The molecule has 5 nitrogen and oxygen atoms in total. The molecule has 0 radical (unpaired) electrons. The molecular formula is C14H22N4OS. The maximum absolute atomic E-state index is 11.7. The van der Waals surface area contributed by atoms with Crippen LogP contribution in [0.25, 0.3) is 0 Å². The monoisotopic (exact) mass is 294 g/mol. The van der Waals surface area contributed by atoms with Crippen molar-refractivity contribution >= 4 is 23.4 Å². The van der Waals surface area contributed by atoms with Crippen molar-refractivity contribution in [3.05, 3.63) is 23.8 Å². The fourth-order valence-electron chi connectivity index (χ4n) is 2.14. The van der Waals surface area contributed by atoms with Crippen LogP contribution in [0.4, 0.5) is 5.69 Å². The van der Waals surface area contributed by atoms with E-state index in [-0.39, 0.29) is 5.91 Å². The van der Waals surface area contributed by atoms with Crippen LogP contribution in [0, 0.1) is 0 Å². The number of hydrogen-bond donors (Lipinski definition) is 4. The Kier molecular flexibility index (Phi) is 5.70. The maximum Gasteiger partial charge on any atom is 0.251 e. The molecule has 0 bridgehead atoms. The van der Waals surface area contributed by atoms with Crippen molar-refractivity contribution in [3.63, 3.8) is 0 Å². The second kappa shape index (κ2) is 7.52. The fourth-order valence-corrected chi connectivity index (χ4v) is 3.33. The van der Waals surface area contributed by atoms with Crippen molar-refractivity contribution in [1.29, 1.82) is 0 Å². The molecular weight excluding hydrogens is 272 g/mol. The smallest absolute Gasteiger partial charge is 0.251 e. The van der Waals surface area contributed by atoms with E-state index in [2.05, 4.69) is 16.0 Å². The van der Waals surface area contributed by atoms with Gasteiger partial charge < -0.3 is 21.7 Å². The van der Waals surface area contributed by atoms with Gasteiger partial charge in [0.1, 0.15) is 0 Å². The summed E-state index contributed by atoms with van der Waals surface area (Å²) >= 11 is 1.71. The van der Waals surface area contributed by atoms with Crippen LogP contribution in [0.2, 0.25) is 0 Å². The number of rotatable bonds is 3. The lowest BCUT2D eigenvalue weighted by atomic mass is 10.2. The van der Waals surface area contributed by atoms with Crippen molar-refractivity contribution in [1.82, 2.24) is 16.0 Å². The van der Waals surface area contributed by atoms with Gasteiger partial charge in [0.15, 0.2) is 0 Å². The molecule has 1 aromatic carbocycles. The Hall–Kier alpha value is -1.24. The number of carbonyl (C=O) groups is 1. The summed E-state index contributed by atoms with van der Waals surface area (Å²) < 4.78 is 0. The topological polar surface area (TPSA) is 79.2 Å². The van der Waals surface area contributed by atoms with Gasteiger partial charge in [0.2, 0.25) is 0 Å². The van der Waals surface area contributed by atoms with E-state index in [1.165, 1.54) is 0 Å². The van der Waals surface area contributed by atoms with Crippen molar-refractivity contribution in [3.8, 4) is 0 Å². The van der Waals surface area contributed by atoms with Gasteiger partial charge >= 0.3 is 0 Å². The molecule has 6 heteroatoms. The molecule has 110 valence electrons. The molecule has 1 heterocycles. The van der Waals surface area contributed by atoms with Gasteiger partial charge in [0.25, 0.3) is 5.91 Å². The zero-order valence-corrected chi connectivity index (χ0v) is 12.6. The lowest BCUT2D eigenvalue weighted by Crippen LogP contribution is -2.37. The minimum atomic E-state index is -0.0818. The molecule has 1 aliphatic heterocycles. The van der Waals surface area contributed by atoms with Crippen molar-refractivity contribution in [2.45, 2.75) is 23.1 Å². The van der Waals surface area contributed by atoms with Gasteiger partial charge in [0.05, 0.1) is 5.37 Å². The van der Waals surface area contributed by atoms with Gasteiger partial charge in [-0.25, -0.2) is 0 Å². The third kappa shape index (κ3) is 4.13. The molecule has 1 unspecified atom stereocenters. The predicted octanol–water partition coefficient (Wildman–Crippen LogP) is 1.02. The van der Waals surface area contributed by atoms with Gasteiger partial charge in [0, 0.05) is 36.3 Å². The molecule has 20 heavy (non-hydrogen) atoms. The summed E-state index contributed by atoms with van der Waals surface area (Å²) in [6, 6.07) is 5.43. The van der Waals surface area contributed by atoms with E-state index in [1.54, 1.807) is 30.9 Å². The Labute approximate surface area is 124 Å². The number of anilines is 1. The fraction of sp³-hybridized carbons (Fsp3) is 0.500. The molecule has 5 N–H and O–H groups in total. The van der Waals surface area contributed by atoms with E-state index in [9.17, 15) is 4.79 Å². The Bertz CT molecular complexity index is 458. The molecule has 2 rings (SSSR count). The first-order chi connectivity index (χ1) is 9.70. The summed E-state index contributed by atoms with van der Waals surface area (Å²) in [6.07, 6.45) is 2.22. The molecule has 1 amide bonds. The number of nitrogens with one attached hydrogen (secondary N) is 3. The van der Waals surface area contributed by atoms with E-state index >= 15 is 0 Å². The number of benzene rings is 1. The van der Waals surface area contributed by atoms with Gasteiger partial charge in [-0.15, -0.1) is 11.8 Å². The highest BCUT2D eigenvalue weighted by Crippen LogP contribution is 2.30. The standard InChI is InChI=1S/C14H22N4OS/c1-16-14(19)10-4-5-11(15)12(9-10)20-13-3-2-6-17-7-8-18-13/h4-5,9,13,17-18H,2-3,6-8,15H2,1H3,(H,16,19). The highest BCUT2D eigenvalue weighted by atomic mass is 32.2. The van der Waals surface area contributed by atoms with Crippen LogP contribution in [0.5, 0.6) is 0 Å². The number of hydrogen-bond acceptors (Lipinski definition) is 5. The average molecular weight is 294 g/mol. The number of carbonyl (C=O) groups excluding carboxylic acids is 1. The Morgan fingerprint density at radius 2 is 2.25 bits per heavy atom. The molecule has 1 aromatic rings. The quantitative estimate of drug-likeness (QED) is 0.626. The third-order valence-corrected chi connectivity index (χ3v) is 4.56. The number of thioether (sulfide) groups is 1. The van der Waals surface area contributed by atoms with Crippen LogP contribution < -0.4 is 21.7 Å². The first-order valence-electron chi connectivity index (χ1n) is 6.93. The van der Waals surface area contributed by atoms with Crippen LogP contribution in [0.15, 0.2) is 23.1 Å². The van der Waals surface area contributed by atoms with E-state index in [4.69, 9.17) is 5.73 Å². The Morgan fingerprint density at radius 3 is 3.05 bits per heavy atom.